The standard InChI is InChI=1S/C15H22ClN3O2/c1-9(2)13-17-6-11(16)12(18-13)14(20)19-7-10(3)21-15(4,5)8-19/h6,9-10H,7-8H2,1-5H3. The molecule has 6 heteroatoms. The molecule has 2 heterocycles. The molecule has 5 nitrogen and oxygen atoms in total. The van der Waals surface area contributed by atoms with Crippen LogP contribution < -0.4 is 0 Å². The minimum atomic E-state index is -0.367. The number of morpholine rings is 1. The summed E-state index contributed by atoms with van der Waals surface area (Å²) >= 11 is 6.12. The average molecular weight is 312 g/mol. The largest absolute Gasteiger partial charge is 0.369 e. The summed E-state index contributed by atoms with van der Waals surface area (Å²) in [6, 6.07) is 0. The molecule has 0 aromatic carbocycles. The van der Waals surface area contributed by atoms with Crippen molar-refractivity contribution < 1.29 is 9.53 Å². The fraction of sp³-hybridized carbons (Fsp3) is 0.667. The molecule has 0 aliphatic carbocycles. The lowest BCUT2D eigenvalue weighted by Crippen LogP contribution is -2.54. The van der Waals surface area contributed by atoms with Crippen LogP contribution in [-0.4, -0.2) is 45.6 Å². The normalized spacial score (nSPS) is 21.7. The minimum absolute atomic E-state index is 0.0112. The first-order valence-electron chi connectivity index (χ1n) is 7.19. The first-order valence-corrected chi connectivity index (χ1v) is 7.57. The van der Waals surface area contributed by atoms with E-state index in [0.717, 1.165) is 0 Å². The number of hydrogen-bond donors (Lipinski definition) is 0. The van der Waals surface area contributed by atoms with Gasteiger partial charge in [0.05, 0.1) is 22.9 Å². The van der Waals surface area contributed by atoms with Gasteiger partial charge in [-0.1, -0.05) is 25.4 Å². The number of amides is 1. The third-order valence-corrected chi connectivity index (χ3v) is 3.61. The Hall–Kier alpha value is -1.20. The Morgan fingerprint density at radius 1 is 1.52 bits per heavy atom. The van der Waals surface area contributed by atoms with Gasteiger partial charge in [-0.05, 0) is 20.8 Å². The topological polar surface area (TPSA) is 55.3 Å². The predicted molar refractivity (Wildman–Crippen MR) is 81.7 cm³/mol. The molecule has 1 aromatic rings. The van der Waals surface area contributed by atoms with Crippen LogP contribution in [0.3, 0.4) is 0 Å². The SMILES string of the molecule is CC1CN(C(=O)c2nc(C(C)C)ncc2Cl)CC(C)(C)O1. The maximum atomic E-state index is 12.7. The van der Waals surface area contributed by atoms with Crippen molar-refractivity contribution in [3.8, 4) is 0 Å². The zero-order valence-electron chi connectivity index (χ0n) is 13.2. The van der Waals surface area contributed by atoms with E-state index in [-0.39, 0.29) is 29.2 Å². The highest BCUT2D eigenvalue weighted by atomic mass is 35.5. The number of ether oxygens (including phenoxy) is 1. The summed E-state index contributed by atoms with van der Waals surface area (Å²) in [5.74, 6) is 0.615. The van der Waals surface area contributed by atoms with E-state index in [9.17, 15) is 4.79 Å². The van der Waals surface area contributed by atoms with Gasteiger partial charge in [0.15, 0.2) is 5.69 Å². The first-order chi connectivity index (χ1) is 9.69. The van der Waals surface area contributed by atoms with E-state index >= 15 is 0 Å². The molecule has 116 valence electrons. The zero-order valence-corrected chi connectivity index (χ0v) is 13.9. The Kier molecular flexibility index (Phi) is 4.54. The highest BCUT2D eigenvalue weighted by molar-refractivity contribution is 6.33. The second kappa shape index (κ2) is 5.89. The molecule has 0 bridgehead atoms. The molecule has 1 saturated heterocycles. The Morgan fingerprint density at radius 3 is 2.76 bits per heavy atom. The van der Waals surface area contributed by atoms with E-state index in [0.29, 0.717) is 23.9 Å². The summed E-state index contributed by atoms with van der Waals surface area (Å²) in [5, 5.41) is 0.293. The third-order valence-electron chi connectivity index (χ3n) is 3.34. The van der Waals surface area contributed by atoms with Gasteiger partial charge in [-0.3, -0.25) is 4.79 Å². The van der Waals surface area contributed by atoms with Crippen molar-refractivity contribution in [2.45, 2.75) is 52.2 Å². The van der Waals surface area contributed by atoms with Crippen LogP contribution in [-0.2, 0) is 4.74 Å². The van der Waals surface area contributed by atoms with Crippen molar-refractivity contribution >= 4 is 17.5 Å². The van der Waals surface area contributed by atoms with Gasteiger partial charge in [0.25, 0.3) is 5.91 Å². The van der Waals surface area contributed by atoms with E-state index < -0.39 is 0 Å². The lowest BCUT2D eigenvalue weighted by Gasteiger charge is -2.41. The highest BCUT2D eigenvalue weighted by Crippen LogP contribution is 2.24. The fourth-order valence-corrected chi connectivity index (χ4v) is 2.74. The van der Waals surface area contributed by atoms with Crippen LogP contribution in [0.2, 0.25) is 5.02 Å². The Balaban J connectivity index is 2.29. The van der Waals surface area contributed by atoms with Crippen molar-refractivity contribution in [3.05, 3.63) is 22.7 Å². The molecular formula is C15H22ClN3O2. The summed E-state index contributed by atoms with van der Waals surface area (Å²) in [6.45, 7) is 10.9. The summed E-state index contributed by atoms with van der Waals surface area (Å²) in [6.07, 6.45) is 1.49. The summed E-state index contributed by atoms with van der Waals surface area (Å²) in [5.41, 5.74) is -0.0893. The number of carbonyl (C=O) groups is 1. The molecule has 0 spiro atoms. The number of rotatable bonds is 2. The lowest BCUT2D eigenvalue weighted by atomic mass is 10.1. The molecule has 0 saturated carbocycles. The van der Waals surface area contributed by atoms with Crippen molar-refractivity contribution in [2.75, 3.05) is 13.1 Å². The van der Waals surface area contributed by atoms with E-state index in [4.69, 9.17) is 16.3 Å². The number of aromatic nitrogens is 2. The first kappa shape index (κ1) is 16.2. The van der Waals surface area contributed by atoms with Crippen LogP contribution in [0.15, 0.2) is 6.20 Å². The number of nitrogens with zero attached hydrogens (tertiary/aromatic N) is 3. The molecular weight excluding hydrogens is 290 g/mol. The van der Waals surface area contributed by atoms with Crippen LogP contribution in [0.25, 0.3) is 0 Å². The monoisotopic (exact) mass is 311 g/mol. The molecule has 1 atom stereocenters. The smallest absolute Gasteiger partial charge is 0.274 e. The van der Waals surface area contributed by atoms with Gasteiger partial charge >= 0.3 is 0 Å². The zero-order chi connectivity index (χ0) is 15.8. The van der Waals surface area contributed by atoms with Crippen molar-refractivity contribution in [1.82, 2.24) is 14.9 Å². The van der Waals surface area contributed by atoms with Crippen molar-refractivity contribution in [1.29, 1.82) is 0 Å². The molecule has 0 radical (unpaired) electrons. The van der Waals surface area contributed by atoms with Crippen molar-refractivity contribution in [3.63, 3.8) is 0 Å². The maximum absolute atomic E-state index is 12.7. The maximum Gasteiger partial charge on any atom is 0.274 e. The fourth-order valence-electron chi connectivity index (χ4n) is 2.57. The van der Waals surface area contributed by atoms with E-state index in [1.165, 1.54) is 6.20 Å². The van der Waals surface area contributed by atoms with Crippen LogP contribution >= 0.6 is 11.6 Å². The minimum Gasteiger partial charge on any atom is -0.369 e. The Labute approximate surface area is 130 Å². The average Bonchev–Trinajstić information content (AvgIpc) is 2.35. The number of halogens is 1. The quantitative estimate of drug-likeness (QED) is 0.842. The molecule has 1 aromatic heterocycles. The molecule has 1 aliphatic heterocycles. The van der Waals surface area contributed by atoms with Gasteiger partial charge in [0, 0.05) is 19.0 Å². The van der Waals surface area contributed by atoms with E-state index in [2.05, 4.69) is 9.97 Å². The van der Waals surface area contributed by atoms with E-state index in [1.54, 1.807) is 4.90 Å². The van der Waals surface area contributed by atoms with Gasteiger partial charge in [-0.15, -0.1) is 0 Å². The summed E-state index contributed by atoms with van der Waals surface area (Å²) in [7, 11) is 0. The number of hydrogen-bond acceptors (Lipinski definition) is 4. The predicted octanol–water partition coefficient (Wildman–Crippen LogP) is 2.89. The lowest BCUT2D eigenvalue weighted by molar-refractivity contribution is -0.118. The van der Waals surface area contributed by atoms with Gasteiger partial charge in [-0.25, -0.2) is 9.97 Å². The molecule has 1 fully saturated rings. The van der Waals surface area contributed by atoms with Gasteiger partial charge in [0.1, 0.15) is 5.82 Å². The Morgan fingerprint density at radius 2 is 2.19 bits per heavy atom. The second-order valence-electron chi connectivity index (χ2n) is 6.45. The van der Waals surface area contributed by atoms with Crippen LogP contribution in [0.4, 0.5) is 0 Å². The summed E-state index contributed by atoms with van der Waals surface area (Å²) < 4.78 is 5.82. The second-order valence-corrected chi connectivity index (χ2v) is 6.86. The molecule has 2 rings (SSSR count). The van der Waals surface area contributed by atoms with Gasteiger partial charge in [-0.2, -0.15) is 0 Å². The van der Waals surface area contributed by atoms with Crippen LogP contribution in [0.1, 0.15) is 56.8 Å². The van der Waals surface area contributed by atoms with Crippen LogP contribution in [0, 0.1) is 0 Å². The van der Waals surface area contributed by atoms with Gasteiger partial charge in [0.2, 0.25) is 0 Å². The number of carbonyl (C=O) groups excluding carboxylic acids is 1. The van der Waals surface area contributed by atoms with Gasteiger partial charge < -0.3 is 9.64 Å². The van der Waals surface area contributed by atoms with Crippen LogP contribution in [0.5, 0.6) is 0 Å². The van der Waals surface area contributed by atoms with Crippen molar-refractivity contribution in [2.24, 2.45) is 0 Å². The molecule has 1 amide bonds. The molecule has 1 aliphatic rings. The molecule has 1 unspecified atom stereocenters. The highest BCUT2D eigenvalue weighted by Gasteiger charge is 2.35. The Bertz CT molecular complexity index is 546. The molecule has 21 heavy (non-hydrogen) atoms. The summed E-state index contributed by atoms with van der Waals surface area (Å²) in [4.78, 5) is 23.0. The molecule has 0 N–H and O–H groups in total. The third kappa shape index (κ3) is 3.71. The van der Waals surface area contributed by atoms with E-state index in [1.807, 2.05) is 34.6 Å².